The van der Waals surface area contributed by atoms with Crippen LogP contribution < -0.4 is 10.1 Å². The summed E-state index contributed by atoms with van der Waals surface area (Å²) in [5.41, 5.74) is 2.72. The number of aryl methyl sites for hydroxylation is 1. The van der Waals surface area contributed by atoms with Crippen molar-refractivity contribution >= 4 is 11.9 Å². The molecule has 0 fully saturated rings. The van der Waals surface area contributed by atoms with Crippen molar-refractivity contribution in [3.63, 3.8) is 0 Å². The Morgan fingerprint density at radius 2 is 1.93 bits per heavy atom. The van der Waals surface area contributed by atoms with Crippen LogP contribution in [0.2, 0.25) is 0 Å². The number of hydrogen-bond donors (Lipinski definition) is 1. The van der Waals surface area contributed by atoms with E-state index in [1.165, 1.54) is 0 Å². The predicted octanol–water partition coefficient (Wildman–Crippen LogP) is 2.46. The Bertz CT molecular complexity index is 953. The van der Waals surface area contributed by atoms with Gasteiger partial charge in [0.25, 0.3) is 5.91 Å². The summed E-state index contributed by atoms with van der Waals surface area (Å²) in [6.45, 7) is 2.32. The van der Waals surface area contributed by atoms with Crippen LogP contribution in [0.5, 0.6) is 5.75 Å². The third-order valence-corrected chi connectivity index (χ3v) is 4.05. The van der Waals surface area contributed by atoms with Gasteiger partial charge in [0.2, 0.25) is 0 Å². The van der Waals surface area contributed by atoms with E-state index in [2.05, 4.69) is 10.4 Å². The molecule has 150 valence electrons. The first kappa shape index (κ1) is 20.1. The number of rotatable bonds is 9. The van der Waals surface area contributed by atoms with Crippen molar-refractivity contribution in [3.05, 3.63) is 78.1 Å². The smallest absolute Gasteiger partial charge is 0.310 e. The zero-order valence-corrected chi connectivity index (χ0v) is 16.2. The first-order valence-electron chi connectivity index (χ1n) is 9.31. The molecule has 7 heteroatoms. The maximum atomic E-state index is 11.9. The molecule has 0 aliphatic carbocycles. The molecule has 2 aromatic carbocycles. The fourth-order valence-corrected chi connectivity index (χ4v) is 2.65. The number of hydrogen-bond acceptors (Lipinski definition) is 5. The molecule has 29 heavy (non-hydrogen) atoms. The number of para-hydroxylation sites is 1. The Morgan fingerprint density at radius 1 is 1.10 bits per heavy atom. The van der Waals surface area contributed by atoms with E-state index < -0.39 is 5.97 Å². The quantitative estimate of drug-likeness (QED) is 0.446. The SMILES string of the molecule is Cc1cccc(OCCNC(=O)COC(=O)Cc2cnn(-c3ccccc3)c2)c1. The average molecular weight is 393 g/mol. The van der Waals surface area contributed by atoms with Gasteiger partial charge in [-0.2, -0.15) is 5.10 Å². The van der Waals surface area contributed by atoms with E-state index in [9.17, 15) is 9.59 Å². The summed E-state index contributed by atoms with van der Waals surface area (Å²) in [7, 11) is 0. The molecular weight excluding hydrogens is 370 g/mol. The number of benzene rings is 2. The minimum absolute atomic E-state index is 0.0522. The van der Waals surface area contributed by atoms with Gasteiger partial charge in [0.15, 0.2) is 6.61 Å². The molecule has 0 saturated heterocycles. The van der Waals surface area contributed by atoms with Gasteiger partial charge in [0.1, 0.15) is 12.4 Å². The van der Waals surface area contributed by atoms with Crippen molar-refractivity contribution < 1.29 is 19.1 Å². The summed E-state index contributed by atoms with van der Waals surface area (Å²) in [4.78, 5) is 23.7. The van der Waals surface area contributed by atoms with E-state index in [0.29, 0.717) is 18.7 Å². The van der Waals surface area contributed by atoms with E-state index in [-0.39, 0.29) is 18.9 Å². The summed E-state index contributed by atoms with van der Waals surface area (Å²) in [6.07, 6.45) is 3.42. The second kappa shape index (κ2) is 10.1. The van der Waals surface area contributed by atoms with E-state index in [1.807, 2.05) is 61.5 Å². The van der Waals surface area contributed by atoms with Gasteiger partial charge in [-0.05, 0) is 36.8 Å². The molecule has 0 atom stereocenters. The second-order valence-corrected chi connectivity index (χ2v) is 6.48. The average Bonchev–Trinajstić information content (AvgIpc) is 3.19. The van der Waals surface area contributed by atoms with Gasteiger partial charge in [0.05, 0.1) is 24.8 Å². The number of esters is 1. The van der Waals surface area contributed by atoms with Gasteiger partial charge in [-0.3, -0.25) is 9.59 Å². The lowest BCUT2D eigenvalue weighted by atomic mass is 10.2. The highest BCUT2D eigenvalue weighted by Crippen LogP contribution is 2.11. The van der Waals surface area contributed by atoms with Gasteiger partial charge in [-0.25, -0.2) is 4.68 Å². The fourth-order valence-electron chi connectivity index (χ4n) is 2.65. The zero-order valence-electron chi connectivity index (χ0n) is 16.2. The second-order valence-electron chi connectivity index (χ2n) is 6.48. The number of carbonyl (C=O) groups excluding carboxylic acids is 2. The molecule has 0 aliphatic rings. The molecular formula is C22H23N3O4. The molecule has 0 aliphatic heterocycles. The Labute approximate surface area is 169 Å². The minimum atomic E-state index is -0.483. The highest BCUT2D eigenvalue weighted by atomic mass is 16.5. The van der Waals surface area contributed by atoms with E-state index >= 15 is 0 Å². The number of ether oxygens (including phenoxy) is 2. The van der Waals surface area contributed by atoms with E-state index in [4.69, 9.17) is 9.47 Å². The van der Waals surface area contributed by atoms with Crippen molar-refractivity contribution in [2.45, 2.75) is 13.3 Å². The largest absolute Gasteiger partial charge is 0.492 e. The first-order valence-corrected chi connectivity index (χ1v) is 9.31. The van der Waals surface area contributed by atoms with Gasteiger partial charge in [-0.1, -0.05) is 30.3 Å². The van der Waals surface area contributed by atoms with Crippen LogP contribution in [0.25, 0.3) is 5.69 Å². The zero-order chi connectivity index (χ0) is 20.5. The predicted molar refractivity (Wildman–Crippen MR) is 108 cm³/mol. The summed E-state index contributed by atoms with van der Waals surface area (Å²) < 4.78 is 12.3. The molecule has 0 radical (unpaired) electrons. The van der Waals surface area contributed by atoms with Gasteiger partial charge in [0, 0.05) is 11.8 Å². The molecule has 1 heterocycles. The van der Waals surface area contributed by atoms with Gasteiger partial charge < -0.3 is 14.8 Å². The third-order valence-electron chi connectivity index (χ3n) is 4.05. The molecule has 0 bridgehead atoms. The van der Waals surface area contributed by atoms with Crippen LogP contribution in [0, 0.1) is 6.92 Å². The molecule has 0 saturated carbocycles. The number of amides is 1. The Hall–Kier alpha value is -3.61. The normalized spacial score (nSPS) is 10.4. The van der Waals surface area contributed by atoms with Crippen LogP contribution in [0.3, 0.4) is 0 Å². The van der Waals surface area contributed by atoms with E-state index in [0.717, 1.165) is 17.0 Å². The number of nitrogens with zero attached hydrogens (tertiary/aromatic N) is 2. The minimum Gasteiger partial charge on any atom is -0.492 e. The third kappa shape index (κ3) is 6.49. The fraction of sp³-hybridized carbons (Fsp3) is 0.227. The monoisotopic (exact) mass is 393 g/mol. The maximum Gasteiger partial charge on any atom is 0.310 e. The summed E-state index contributed by atoms with van der Waals surface area (Å²) in [5, 5.41) is 6.89. The lowest BCUT2D eigenvalue weighted by molar-refractivity contribution is -0.147. The topological polar surface area (TPSA) is 82.4 Å². The van der Waals surface area contributed by atoms with Crippen LogP contribution in [0.1, 0.15) is 11.1 Å². The summed E-state index contributed by atoms with van der Waals surface area (Å²) >= 11 is 0. The highest BCUT2D eigenvalue weighted by molar-refractivity contribution is 5.81. The molecule has 7 nitrogen and oxygen atoms in total. The molecule has 0 spiro atoms. The van der Waals surface area contributed by atoms with Crippen LogP contribution in [-0.2, 0) is 20.7 Å². The number of nitrogens with one attached hydrogen (secondary N) is 1. The lowest BCUT2D eigenvalue weighted by Gasteiger charge is -2.08. The molecule has 1 N–H and O–H groups in total. The van der Waals surface area contributed by atoms with Crippen molar-refractivity contribution in [2.75, 3.05) is 19.8 Å². The molecule has 1 amide bonds. The summed E-state index contributed by atoms with van der Waals surface area (Å²) in [6, 6.07) is 17.3. The highest BCUT2D eigenvalue weighted by Gasteiger charge is 2.10. The van der Waals surface area contributed by atoms with E-state index in [1.54, 1.807) is 17.1 Å². The first-order chi connectivity index (χ1) is 14.1. The standard InChI is InChI=1S/C22H23N3O4/c1-17-6-5-9-20(12-17)28-11-10-23-21(26)16-29-22(27)13-18-14-24-25(15-18)19-7-3-2-4-8-19/h2-9,12,14-15H,10-11,13,16H2,1H3,(H,23,26). The maximum absolute atomic E-state index is 11.9. The lowest BCUT2D eigenvalue weighted by Crippen LogP contribution is -2.32. The molecule has 3 aromatic rings. The molecule has 1 aromatic heterocycles. The van der Waals surface area contributed by atoms with Crippen molar-refractivity contribution in [3.8, 4) is 11.4 Å². The van der Waals surface area contributed by atoms with Gasteiger partial charge >= 0.3 is 5.97 Å². The number of aromatic nitrogens is 2. The van der Waals surface area contributed by atoms with Gasteiger partial charge in [-0.15, -0.1) is 0 Å². The Balaban J connectivity index is 1.34. The molecule has 3 rings (SSSR count). The Morgan fingerprint density at radius 3 is 2.72 bits per heavy atom. The van der Waals surface area contributed by atoms with Crippen LogP contribution in [-0.4, -0.2) is 41.4 Å². The number of carbonyl (C=O) groups is 2. The van der Waals surface area contributed by atoms with Crippen molar-refractivity contribution in [2.24, 2.45) is 0 Å². The summed E-state index contributed by atoms with van der Waals surface area (Å²) in [5.74, 6) is -0.100. The van der Waals surface area contributed by atoms with Crippen LogP contribution >= 0.6 is 0 Å². The van der Waals surface area contributed by atoms with Crippen molar-refractivity contribution in [1.29, 1.82) is 0 Å². The molecule has 0 unspecified atom stereocenters. The van der Waals surface area contributed by atoms with Crippen LogP contribution in [0.15, 0.2) is 67.0 Å². The van der Waals surface area contributed by atoms with Crippen molar-refractivity contribution in [1.82, 2.24) is 15.1 Å². The van der Waals surface area contributed by atoms with Crippen LogP contribution in [0.4, 0.5) is 0 Å². The Kier molecular flexibility index (Phi) is 7.00.